The van der Waals surface area contributed by atoms with Crippen LogP contribution in [0.15, 0.2) is 42.5 Å². The zero-order valence-electron chi connectivity index (χ0n) is 21.8. The molecule has 1 fully saturated rings. The monoisotopic (exact) mass is 529 g/mol. The van der Waals surface area contributed by atoms with Gasteiger partial charge in [0.2, 0.25) is 23.6 Å². The molecule has 0 radical (unpaired) electrons. The topological polar surface area (TPSA) is 173 Å². The van der Waals surface area contributed by atoms with E-state index in [4.69, 9.17) is 10.5 Å². The first-order valence-corrected chi connectivity index (χ1v) is 12.4. The number of carboxylic acids is 1. The average molecular weight is 530 g/mol. The summed E-state index contributed by atoms with van der Waals surface area (Å²) in [6.07, 6.45) is -0.415. The van der Waals surface area contributed by atoms with Gasteiger partial charge in [0.15, 0.2) is 0 Å². The van der Waals surface area contributed by atoms with Crippen LogP contribution in [-0.4, -0.2) is 53.8 Å². The number of hydrogen-bond acceptors (Lipinski definition) is 7. The highest BCUT2D eigenvalue weighted by Gasteiger charge is 2.47. The number of nitrogens with two attached hydrogens (primary N) is 1. The first-order valence-electron chi connectivity index (χ1n) is 12.4. The van der Waals surface area contributed by atoms with Crippen molar-refractivity contribution in [3.05, 3.63) is 42.5 Å². The molecule has 11 nitrogen and oxygen atoms in total. The summed E-state index contributed by atoms with van der Waals surface area (Å²) in [5.41, 5.74) is 6.31. The minimum absolute atomic E-state index is 0.0720. The van der Waals surface area contributed by atoms with Gasteiger partial charge in [0.1, 0.15) is 6.61 Å². The number of carboxylic acid groups (broad SMARTS) is 1. The van der Waals surface area contributed by atoms with Crippen LogP contribution in [0.2, 0.25) is 0 Å². The van der Waals surface area contributed by atoms with Crippen LogP contribution in [0.1, 0.15) is 40.0 Å². The quantitative estimate of drug-likeness (QED) is 0.141. The van der Waals surface area contributed by atoms with Crippen molar-refractivity contribution in [2.75, 3.05) is 18.1 Å². The fraction of sp³-hybridized carbons (Fsp3) is 0.481. The summed E-state index contributed by atoms with van der Waals surface area (Å²) >= 11 is 0. The van der Waals surface area contributed by atoms with E-state index in [0.717, 1.165) is 4.90 Å². The average Bonchev–Trinajstić information content (AvgIpc) is 3.07. The lowest BCUT2D eigenvalue weighted by atomic mass is 9.80. The number of carbonyl (C=O) groups excluding carboxylic acids is 5. The number of para-hydroxylation sites is 1. The number of aliphatic carboxylic acids is 1. The maximum Gasteiger partial charge on any atom is 0.308 e. The number of amides is 4. The van der Waals surface area contributed by atoms with Gasteiger partial charge in [-0.2, -0.15) is 0 Å². The van der Waals surface area contributed by atoms with E-state index >= 15 is 0 Å². The smallest absolute Gasteiger partial charge is 0.308 e. The molecule has 5 atom stereocenters. The third kappa shape index (κ3) is 7.74. The number of anilines is 1. The molecule has 0 spiro atoms. The number of nitrogens with one attached hydrogen (secondary N) is 1. The van der Waals surface area contributed by atoms with E-state index in [0.29, 0.717) is 11.3 Å². The molecule has 0 bridgehead atoms. The van der Waals surface area contributed by atoms with Crippen LogP contribution in [0.25, 0.3) is 0 Å². The molecule has 38 heavy (non-hydrogen) atoms. The van der Waals surface area contributed by atoms with Crippen molar-refractivity contribution in [3.63, 3.8) is 0 Å². The standard InChI is InChI=1S/C27H35N3O8/c1-15(2)23(32)29-10-11-38-27(37)16(3)12-19(26(35)36)13-18(22(28)31)14-21-17(4)24(33)30(25(21)34)20-8-6-5-7-9-20/h5-9,16-19,21H,1,10-14H2,2-4H3,(H2,28,31)(H,29,32)(H,35,36). The van der Waals surface area contributed by atoms with E-state index < -0.39 is 59.2 Å². The Morgan fingerprint density at radius 2 is 1.74 bits per heavy atom. The summed E-state index contributed by atoms with van der Waals surface area (Å²) in [6.45, 7) is 8.10. The first-order chi connectivity index (χ1) is 17.8. The molecule has 0 saturated carbocycles. The van der Waals surface area contributed by atoms with Gasteiger partial charge in [0.25, 0.3) is 0 Å². The van der Waals surface area contributed by atoms with Gasteiger partial charge in [-0.15, -0.1) is 0 Å². The Kier molecular flexibility index (Phi) is 10.7. The van der Waals surface area contributed by atoms with E-state index in [1.165, 1.54) is 13.8 Å². The Labute approximate surface area is 221 Å². The van der Waals surface area contributed by atoms with E-state index in [1.54, 1.807) is 37.3 Å². The van der Waals surface area contributed by atoms with Crippen LogP contribution >= 0.6 is 0 Å². The minimum atomic E-state index is -1.22. The lowest BCUT2D eigenvalue weighted by Gasteiger charge is -2.23. The van der Waals surface area contributed by atoms with E-state index in [2.05, 4.69) is 11.9 Å². The number of benzene rings is 1. The minimum Gasteiger partial charge on any atom is -0.481 e. The Morgan fingerprint density at radius 3 is 2.29 bits per heavy atom. The number of ether oxygens (including phenoxy) is 1. The molecule has 2 rings (SSSR count). The van der Waals surface area contributed by atoms with Gasteiger partial charge in [0, 0.05) is 17.4 Å². The molecule has 1 heterocycles. The molecule has 1 aliphatic heterocycles. The van der Waals surface area contributed by atoms with Crippen LogP contribution in [0.3, 0.4) is 0 Å². The lowest BCUT2D eigenvalue weighted by molar-refractivity contribution is -0.150. The summed E-state index contributed by atoms with van der Waals surface area (Å²) < 4.78 is 5.11. The zero-order valence-corrected chi connectivity index (χ0v) is 21.8. The molecular formula is C27H35N3O8. The number of esters is 1. The maximum atomic E-state index is 13.1. The van der Waals surface area contributed by atoms with Crippen LogP contribution in [0.5, 0.6) is 0 Å². The lowest BCUT2D eigenvalue weighted by Crippen LogP contribution is -2.34. The third-order valence-electron chi connectivity index (χ3n) is 6.68. The summed E-state index contributed by atoms with van der Waals surface area (Å²) in [4.78, 5) is 75.1. The number of carbonyl (C=O) groups is 6. The Morgan fingerprint density at radius 1 is 1.11 bits per heavy atom. The molecule has 5 unspecified atom stereocenters. The fourth-order valence-corrected chi connectivity index (χ4v) is 4.41. The first kappa shape index (κ1) is 30.2. The van der Waals surface area contributed by atoms with Crippen molar-refractivity contribution >= 4 is 41.3 Å². The Balaban J connectivity index is 2.03. The molecule has 4 amide bonds. The second-order valence-corrected chi connectivity index (χ2v) is 9.69. The van der Waals surface area contributed by atoms with Gasteiger partial charge >= 0.3 is 11.9 Å². The van der Waals surface area contributed by atoms with E-state index in [9.17, 15) is 33.9 Å². The largest absolute Gasteiger partial charge is 0.481 e. The van der Waals surface area contributed by atoms with Gasteiger partial charge < -0.3 is 20.9 Å². The molecule has 206 valence electrons. The second-order valence-electron chi connectivity index (χ2n) is 9.69. The van der Waals surface area contributed by atoms with Crippen molar-refractivity contribution in [1.82, 2.24) is 5.32 Å². The Bertz CT molecular complexity index is 1090. The maximum absolute atomic E-state index is 13.1. The van der Waals surface area contributed by atoms with Crippen molar-refractivity contribution < 1.29 is 38.6 Å². The highest BCUT2D eigenvalue weighted by Crippen LogP contribution is 2.36. The van der Waals surface area contributed by atoms with Gasteiger partial charge in [-0.05, 0) is 38.3 Å². The van der Waals surface area contributed by atoms with Gasteiger partial charge in [0.05, 0.1) is 30.0 Å². The third-order valence-corrected chi connectivity index (χ3v) is 6.68. The molecular weight excluding hydrogens is 494 g/mol. The summed E-state index contributed by atoms with van der Waals surface area (Å²) in [6, 6.07) is 8.41. The fourth-order valence-electron chi connectivity index (χ4n) is 4.41. The molecule has 11 heteroatoms. The molecule has 0 aliphatic carbocycles. The number of primary amides is 1. The summed E-state index contributed by atoms with van der Waals surface area (Å²) in [5, 5.41) is 12.3. The molecule has 1 aliphatic rings. The van der Waals surface area contributed by atoms with Crippen LogP contribution in [0.4, 0.5) is 5.69 Å². The number of nitrogens with zero attached hydrogens (tertiary/aromatic N) is 1. The van der Waals surface area contributed by atoms with Crippen molar-refractivity contribution in [3.8, 4) is 0 Å². The Hall–Kier alpha value is -4.02. The predicted molar refractivity (Wildman–Crippen MR) is 137 cm³/mol. The van der Waals surface area contributed by atoms with E-state index in [-0.39, 0.29) is 38.3 Å². The van der Waals surface area contributed by atoms with Gasteiger partial charge in [-0.25, -0.2) is 0 Å². The SMILES string of the molecule is C=C(C)C(=O)NCCOC(=O)C(C)CC(CC(CC1C(=O)N(c2ccccc2)C(=O)C1C)C(N)=O)C(=O)O. The van der Waals surface area contributed by atoms with Gasteiger partial charge in [-0.1, -0.05) is 38.6 Å². The molecule has 1 aromatic rings. The van der Waals surface area contributed by atoms with Crippen LogP contribution in [0, 0.1) is 29.6 Å². The van der Waals surface area contributed by atoms with Crippen molar-refractivity contribution in [2.24, 2.45) is 35.3 Å². The molecule has 0 aromatic heterocycles. The second kappa shape index (κ2) is 13.5. The van der Waals surface area contributed by atoms with Crippen LogP contribution in [-0.2, 0) is 33.5 Å². The number of rotatable bonds is 14. The van der Waals surface area contributed by atoms with Gasteiger partial charge in [-0.3, -0.25) is 33.7 Å². The summed E-state index contributed by atoms with van der Waals surface area (Å²) in [7, 11) is 0. The predicted octanol–water partition coefficient (Wildman–Crippen LogP) is 1.66. The van der Waals surface area contributed by atoms with Crippen LogP contribution < -0.4 is 16.0 Å². The van der Waals surface area contributed by atoms with E-state index in [1.807, 2.05) is 0 Å². The highest BCUT2D eigenvalue weighted by atomic mass is 16.5. The summed E-state index contributed by atoms with van der Waals surface area (Å²) in [5.74, 6) is -8.41. The zero-order chi connectivity index (χ0) is 28.6. The normalized spacial score (nSPS) is 19.4. The number of imide groups is 1. The number of hydrogen-bond donors (Lipinski definition) is 3. The molecule has 1 aromatic carbocycles. The molecule has 4 N–H and O–H groups in total. The molecule has 1 saturated heterocycles. The highest BCUT2D eigenvalue weighted by molar-refractivity contribution is 6.22. The van der Waals surface area contributed by atoms with Crippen molar-refractivity contribution in [2.45, 2.75) is 40.0 Å². The van der Waals surface area contributed by atoms with Crippen molar-refractivity contribution in [1.29, 1.82) is 0 Å².